The highest BCUT2D eigenvalue weighted by molar-refractivity contribution is 5.90. The van der Waals surface area contributed by atoms with Crippen LogP contribution >= 0.6 is 0 Å². The van der Waals surface area contributed by atoms with Gasteiger partial charge in [0.2, 0.25) is 5.89 Å². The van der Waals surface area contributed by atoms with E-state index in [-0.39, 0.29) is 11.6 Å². The van der Waals surface area contributed by atoms with E-state index in [0.29, 0.717) is 12.3 Å². The van der Waals surface area contributed by atoms with Gasteiger partial charge in [-0.05, 0) is 13.0 Å². The zero-order chi connectivity index (χ0) is 12.4. The van der Waals surface area contributed by atoms with Crippen LogP contribution in [-0.4, -0.2) is 25.8 Å². The third-order valence-corrected chi connectivity index (χ3v) is 2.14. The van der Waals surface area contributed by atoms with Crippen molar-refractivity contribution >= 4 is 5.91 Å². The van der Waals surface area contributed by atoms with E-state index < -0.39 is 12.0 Å². The fourth-order valence-electron chi connectivity index (χ4n) is 1.33. The molecule has 0 saturated heterocycles. The van der Waals surface area contributed by atoms with E-state index in [2.05, 4.69) is 10.1 Å². The lowest BCUT2D eigenvalue weighted by Crippen LogP contribution is -2.12. The summed E-state index contributed by atoms with van der Waals surface area (Å²) in [5.41, 5.74) is 5.28. The number of primary amides is 1. The highest BCUT2D eigenvalue weighted by Crippen LogP contribution is 2.12. The first-order valence-corrected chi connectivity index (χ1v) is 5.02. The molecule has 17 heavy (non-hydrogen) atoms. The molecule has 2 aromatic rings. The maximum absolute atomic E-state index is 10.8. The van der Waals surface area contributed by atoms with Gasteiger partial charge < -0.3 is 15.3 Å². The SMILES string of the molecule is CC(O)c1ncc(Cn2ccc(C(N)=O)n2)o1. The molecule has 0 aliphatic heterocycles. The van der Waals surface area contributed by atoms with E-state index in [1.165, 1.54) is 16.9 Å². The quantitative estimate of drug-likeness (QED) is 0.781. The van der Waals surface area contributed by atoms with E-state index in [0.717, 1.165) is 0 Å². The third kappa shape index (κ3) is 2.51. The summed E-state index contributed by atoms with van der Waals surface area (Å²) in [6.45, 7) is 1.89. The molecule has 0 aromatic carbocycles. The normalized spacial score (nSPS) is 12.6. The van der Waals surface area contributed by atoms with Gasteiger partial charge in [-0.3, -0.25) is 9.48 Å². The van der Waals surface area contributed by atoms with Crippen molar-refractivity contribution in [1.29, 1.82) is 0 Å². The van der Waals surface area contributed by atoms with Crippen LogP contribution in [-0.2, 0) is 6.54 Å². The van der Waals surface area contributed by atoms with Gasteiger partial charge in [-0.2, -0.15) is 5.10 Å². The average Bonchev–Trinajstić information content (AvgIpc) is 2.87. The number of nitrogens with zero attached hydrogens (tertiary/aromatic N) is 3. The minimum absolute atomic E-state index is 0.195. The van der Waals surface area contributed by atoms with Gasteiger partial charge in [-0.25, -0.2) is 4.98 Å². The van der Waals surface area contributed by atoms with Crippen LogP contribution in [0.25, 0.3) is 0 Å². The van der Waals surface area contributed by atoms with Gasteiger partial charge >= 0.3 is 0 Å². The fraction of sp³-hybridized carbons (Fsp3) is 0.300. The Balaban J connectivity index is 2.11. The Morgan fingerprint density at radius 3 is 3.00 bits per heavy atom. The molecule has 7 nitrogen and oxygen atoms in total. The summed E-state index contributed by atoms with van der Waals surface area (Å²) in [6, 6.07) is 1.52. The smallest absolute Gasteiger partial charge is 0.269 e. The largest absolute Gasteiger partial charge is 0.441 e. The van der Waals surface area contributed by atoms with E-state index in [1.54, 1.807) is 13.1 Å². The van der Waals surface area contributed by atoms with Crippen molar-refractivity contribution in [3.05, 3.63) is 35.8 Å². The number of aliphatic hydroxyl groups is 1. The van der Waals surface area contributed by atoms with Crippen LogP contribution in [0.5, 0.6) is 0 Å². The molecule has 7 heteroatoms. The molecule has 0 spiro atoms. The Morgan fingerprint density at radius 2 is 2.47 bits per heavy atom. The second-order valence-electron chi connectivity index (χ2n) is 3.60. The van der Waals surface area contributed by atoms with Gasteiger partial charge in [-0.15, -0.1) is 0 Å². The predicted octanol–water partition coefficient (Wildman–Crippen LogP) is 0.0716. The molecular weight excluding hydrogens is 224 g/mol. The van der Waals surface area contributed by atoms with E-state index >= 15 is 0 Å². The molecule has 0 radical (unpaired) electrons. The molecule has 0 fully saturated rings. The fourth-order valence-corrected chi connectivity index (χ4v) is 1.33. The molecule has 1 amide bonds. The summed E-state index contributed by atoms with van der Waals surface area (Å²) >= 11 is 0. The summed E-state index contributed by atoms with van der Waals surface area (Å²) in [5.74, 6) is 0.216. The van der Waals surface area contributed by atoms with Gasteiger partial charge in [0.25, 0.3) is 5.91 Å². The molecule has 0 aliphatic carbocycles. The summed E-state index contributed by atoms with van der Waals surface area (Å²) in [4.78, 5) is 14.7. The molecule has 2 rings (SSSR count). The zero-order valence-electron chi connectivity index (χ0n) is 9.20. The second kappa shape index (κ2) is 4.38. The first kappa shape index (κ1) is 11.3. The summed E-state index contributed by atoms with van der Waals surface area (Å²) in [5, 5.41) is 13.2. The lowest BCUT2D eigenvalue weighted by Gasteiger charge is -1.98. The first-order valence-electron chi connectivity index (χ1n) is 5.02. The number of aliphatic hydroxyl groups excluding tert-OH is 1. The lowest BCUT2D eigenvalue weighted by molar-refractivity contribution is 0.0994. The van der Waals surface area contributed by atoms with Crippen molar-refractivity contribution in [2.24, 2.45) is 5.73 Å². The standard InChI is InChI=1S/C10H12N4O3/c1-6(15)10-12-4-7(17-10)5-14-3-2-8(13-14)9(11)16/h2-4,6,15H,5H2,1H3,(H2,11,16). The molecule has 1 atom stereocenters. The minimum Gasteiger partial charge on any atom is -0.441 e. The topological polar surface area (TPSA) is 107 Å². The van der Waals surface area contributed by atoms with Gasteiger partial charge in [-0.1, -0.05) is 0 Å². The van der Waals surface area contributed by atoms with Crippen LogP contribution in [0.1, 0.15) is 35.2 Å². The number of carbonyl (C=O) groups excluding carboxylic acids is 1. The monoisotopic (exact) mass is 236 g/mol. The summed E-state index contributed by atoms with van der Waals surface area (Å²) in [7, 11) is 0. The zero-order valence-corrected chi connectivity index (χ0v) is 9.20. The number of carbonyl (C=O) groups is 1. The van der Waals surface area contributed by atoms with Crippen molar-refractivity contribution in [1.82, 2.24) is 14.8 Å². The Kier molecular flexibility index (Phi) is 2.92. The molecule has 0 bridgehead atoms. The molecule has 90 valence electrons. The molecule has 2 heterocycles. The number of rotatable bonds is 4. The van der Waals surface area contributed by atoms with E-state index in [1.807, 2.05) is 0 Å². The third-order valence-electron chi connectivity index (χ3n) is 2.14. The number of hydrogen-bond donors (Lipinski definition) is 2. The van der Waals surface area contributed by atoms with Gasteiger partial charge in [0.15, 0.2) is 0 Å². The van der Waals surface area contributed by atoms with Gasteiger partial charge in [0, 0.05) is 6.20 Å². The van der Waals surface area contributed by atoms with Crippen LogP contribution in [0.3, 0.4) is 0 Å². The van der Waals surface area contributed by atoms with Crippen LogP contribution < -0.4 is 5.73 Å². The summed E-state index contributed by atoms with van der Waals surface area (Å²) in [6.07, 6.45) is 2.38. The van der Waals surface area contributed by atoms with Crippen molar-refractivity contribution < 1.29 is 14.3 Å². The van der Waals surface area contributed by atoms with Crippen molar-refractivity contribution in [3.63, 3.8) is 0 Å². The van der Waals surface area contributed by atoms with Gasteiger partial charge in [0.05, 0.1) is 6.20 Å². The molecule has 3 N–H and O–H groups in total. The van der Waals surface area contributed by atoms with Crippen LogP contribution in [0, 0.1) is 0 Å². The number of aromatic nitrogens is 3. The number of oxazole rings is 1. The molecule has 1 unspecified atom stereocenters. The van der Waals surface area contributed by atoms with Crippen molar-refractivity contribution in [3.8, 4) is 0 Å². The Bertz CT molecular complexity index is 529. The lowest BCUT2D eigenvalue weighted by atomic mass is 10.4. The first-order chi connectivity index (χ1) is 8.06. The number of amides is 1. The van der Waals surface area contributed by atoms with Crippen LogP contribution in [0.2, 0.25) is 0 Å². The van der Waals surface area contributed by atoms with Crippen molar-refractivity contribution in [2.75, 3.05) is 0 Å². The van der Waals surface area contributed by atoms with Gasteiger partial charge in [0.1, 0.15) is 24.1 Å². The Morgan fingerprint density at radius 1 is 1.71 bits per heavy atom. The Labute approximate surface area is 96.9 Å². The van der Waals surface area contributed by atoms with Crippen molar-refractivity contribution in [2.45, 2.75) is 19.6 Å². The molecular formula is C10H12N4O3. The van der Waals surface area contributed by atoms with Crippen LogP contribution in [0.4, 0.5) is 0 Å². The molecule has 0 aliphatic rings. The number of hydrogen-bond acceptors (Lipinski definition) is 5. The summed E-state index contributed by atoms with van der Waals surface area (Å²) < 4.78 is 6.79. The molecule has 0 saturated carbocycles. The maximum Gasteiger partial charge on any atom is 0.269 e. The van der Waals surface area contributed by atoms with Crippen LogP contribution in [0.15, 0.2) is 22.9 Å². The highest BCUT2D eigenvalue weighted by Gasteiger charge is 2.10. The predicted molar refractivity (Wildman–Crippen MR) is 57.0 cm³/mol. The maximum atomic E-state index is 10.8. The number of nitrogens with two attached hydrogens (primary N) is 1. The highest BCUT2D eigenvalue weighted by atomic mass is 16.4. The Hall–Kier alpha value is -2.15. The second-order valence-corrected chi connectivity index (χ2v) is 3.60. The minimum atomic E-state index is -0.748. The molecule has 2 aromatic heterocycles. The van der Waals surface area contributed by atoms with E-state index in [9.17, 15) is 9.90 Å². The van der Waals surface area contributed by atoms with E-state index in [4.69, 9.17) is 10.2 Å². The average molecular weight is 236 g/mol.